The summed E-state index contributed by atoms with van der Waals surface area (Å²) < 4.78 is 30.3. The van der Waals surface area contributed by atoms with Crippen LogP contribution >= 0.6 is 15.9 Å². The molecule has 0 saturated heterocycles. The molecule has 1 rings (SSSR count). The Morgan fingerprint density at radius 3 is 2.53 bits per heavy atom. The number of carbonyl (C=O) groups is 1. The third-order valence-corrected chi connectivity index (χ3v) is 5.06. The Morgan fingerprint density at radius 2 is 2.11 bits per heavy atom. The second-order valence-corrected chi connectivity index (χ2v) is 6.31. The summed E-state index contributed by atoms with van der Waals surface area (Å²) in [5.74, 6) is -1.82. The molecule has 0 spiro atoms. The van der Waals surface area contributed by atoms with Crippen LogP contribution in [0.4, 0.5) is 0 Å². The minimum absolute atomic E-state index is 0.0593. The molecule has 0 saturated carbocycles. The minimum Gasteiger partial charge on any atom is -0.475 e. The number of aliphatic hydroxyl groups excluding tert-OH is 1. The Kier molecular flexibility index (Phi) is 5.53. The van der Waals surface area contributed by atoms with E-state index in [4.69, 9.17) is 14.6 Å². The molecule has 1 heterocycles. The molecular weight excluding hydrogens is 342 g/mol. The van der Waals surface area contributed by atoms with Crippen LogP contribution in [-0.2, 0) is 10.0 Å². The molecule has 0 fully saturated rings. The van der Waals surface area contributed by atoms with Gasteiger partial charge in [-0.15, -0.1) is 0 Å². The van der Waals surface area contributed by atoms with E-state index < -0.39 is 21.8 Å². The molecule has 0 unspecified atom stereocenters. The number of aliphatic hydroxyl groups is 1. The number of sulfonamides is 1. The van der Waals surface area contributed by atoms with E-state index in [2.05, 4.69) is 15.9 Å². The summed E-state index contributed by atoms with van der Waals surface area (Å²) in [5, 5.41) is 17.7. The number of furan rings is 1. The van der Waals surface area contributed by atoms with Crippen molar-refractivity contribution in [2.75, 3.05) is 19.7 Å². The van der Waals surface area contributed by atoms with Crippen LogP contribution in [0.15, 0.2) is 20.0 Å². The van der Waals surface area contributed by atoms with E-state index >= 15 is 0 Å². The van der Waals surface area contributed by atoms with Crippen molar-refractivity contribution in [2.24, 2.45) is 0 Å². The first-order valence-corrected chi connectivity index (χ1v) is 7.71. The van der Waals surface area contributed by atoms with Crippen LogP contribution < -0.4 is 0 Å². The van der Waals surface area contributed by atoms with Gasteiger partial charge in [0.05, 0.1) is 6.61 Å². The Bertz CT molecular complexity index is 546. The second kappa shape index (κ2) is 6.51. The quantitative estimate of drug-likeness (QED) is 0.758. The van der Waals surface area contributed by atoms with Gasteiger partial charge in [0.2, 0.25) is 15.8 Å². The van der Waals surface area contributed by atoms with Gasteiger partial charge in [0.1, 0.15) is 4.90 Å². The van der Waals surface area contributed by atoms with Crippen LogP contribution in [-0.4, -0.2) is 48.6 Å². The maximum absolute atomic E-state index is 12.3. The van der Waals surface area contributed by atoms with Gasteiger partial charge in [-0.05, 0) is 22.4 Å². The molecule has 0 aromatic carbocycles. The highest BCUT2D eigenvalue weighted by Gasteiger charge is 2.30. The van der Waals surface area contributed by atoms with Crippen LogP contribution in [0, 0.1) is 0 Å². The maximum Gasteiger partial charge on any atom is 0.371 e. The van der Waals surface area contributed by atoms with E-state index in [1.165, 1.54) is 0 Å². The largest absolute Gasteiger partial charge is 0.475 e. The average Bonchev–Trinajstić information content (AvgIpc) is 2.72. The highest BCUT2D eigenvalue weighted by Crippen LogP contribution is 2.28. The van der Waals surface area contributed by atoms with Gasteiger partial charge in [-0.3, -0.25) is 0 Å². The Morgan fingerprint density at radius 1 is 1.47 bits per heavy atom. The van der Waals surface area contributed by atoms with Crippen molar-refractivity contribution in [1.29, 1.82) is 0 Å². The summed E-state index contributed by atoms with van der Waals surface area (Å²) in [6.45, 7) is 1.65. The summed E-state index contributed by atoms with van der Waals surface area (Å²) in [7, 11) is -3.90. The molecule has 0 radical (unpaired) electrons. The van der Waals surface area contributed by atoms with E-state index in [-0.39, 0.29) is 29.3 Å². The van der Waals surface area contributed by atoms with Gasteiger partial charge in [-0.25, -0.2) is 13.2 Å². The third-order valence-electron chi connectivity index (χ3n) is 2.31. The van der Waals surface area contributed by atoms with Crippen molar-refractivity contribution in [3.8, 4) is 0 Å². The van der Waals surface area contributed by atoms with Crippen LogP contribution in [0.3, 0.4) is 0 Å². The predicted octanol–water partition coefficient (Wildman–Crippen LogP) is 1.13. The first-order chi connectivity index (χ1) is 8.84. The number of aromatic carboxylic acids is 1. The first kappa shape index (κ1) is 16.2. The molecule has 9 heteroatoms. The fraction of sp³-hybridized carbons (Fsp3) is 0.500. The minimum atomic E-state index is -3.90. The molecular formula is C10H14BrNO6S. The predicted molar refractivity (Wildman–Crippen MR) is 69.5 cm³/mol. The summed E-state index contributed by atoms with van der Waals surface area (Å²) in [6.07, 6.45) is 0.570. The molecule has 19 heavy (non-hydrogen) atoms. The number of hydrogen-bond acceptors (Lipinski definition) is 5. The van der Waals surface area contributed by atoms with Crippen LogP contribution in [0.2, 0.25) is 0 Å². The van der Waals surface area contributed by atoms with Crippen LogP contribution in [0.5, 0.6) is 0 Å². The van der Waals surface area contributed by atoms with Crippen molar-refractivity contribution in [3.63, 3.8) is 0 Å². The zero-order chi connectivity index (χ0) is 14.6. The highest BCUT2D eigenvalue weighted by molar-refractivity contribution is 9.10. The molecule has 1 aromatic rings. The SMILES string of the molecule is CCCN(CCO)S(=O)(=O)c1cc(C(=O)O)oc1Br. The third kappa shape index (κ3) is 3.56. The molecule has 0 atom stereocenters. The van der Waals surface area contributed by atoms with Gasteiger partial charge in [0.15, 0.2) is 4.67 Å². The molecule has 0 aliphatic heterocycles. The van der Waals surface area contributed by atoms with Crippen molar-refractivity contribution >= 4 is 31.9 Å². The first-order valence-electron chi connectivity index (χ1n) is 5.48. The Balaban J connectivity index is 3.20. The lowest BCUT2D eigenvalue weighted by Crippen LogP contribution is -2.34. The number of rotatable bonds is 7. The van der Waals surface area contributed by atoms with Gasteiger partial charge < -0.3 is 14.6 Å². The Labute approximate surface area is 119 Å². The number of halogens is 1. The lowest BCUT2D eigenvalue weighted by atomic mass is 10.5. The van der Waals surface area contributed by atoms with E-state index in [0.717, 1.165) is 10.4 Å². The number of carboxylic acids is 1. The fourth-order valence-electron chi connectivity index (χ4n) is 1.49. The van der Waals surface area contributed by atoms with E-state index in [1.807, 2.05) is 0 Å². The summed E-state index contributed by atoms with van der Waals surface area (Å²) in [4.78, 5) is 10.5. The molecule has 108 valence electrons. The van der Waals surface area contributed by atoms with Crippen molar-refractivity contribution in [1.82, 2.24) is 4.31 Å². The molecule has 0 aliphatic carbocycles. The smallest absolute Gasteiger partial charge is 0.371 e. The number of hydrogen-bond donors (Lipinski definition) is 2. The topological polar surface area (TPSA) is 108 Å². The van der Waals surface area contributed by atoms with Crippen LogP contribution in [0.1, 0.15) is 23.9 Å². The average molecular weight is 356 g/mol. The van der Waals surface area contributed by atoms with Gasteiger partial charge >= 0.3 is 5.97 Å². The lowest BCUT2D eigenvalue weighted by Gasteiger charge is -2.19. The highest BCUT2D eigenvalue weighted by atomic mass is 79.9. The molecule has 7 nitrogen and oxygen atoms in total. The maximum atomic E-state index is 12.3. The lowest BCUT2D eigenvalue weighted by molar-refractivity contribution is 0.0661. The zero-order valence-electron chi connectivity index (χ0n) is 10.2. The van der Waals surface area contributed by atoms with Crippen molar-refractivity contribution in [3.05, 3.63) is 16.5 Å². The normalized spacial score (nSPS) is 12.0. The summed E-state index contributed by atoms with van der Waals surface area (Å²) in [5.41, 5.74) is 0. The summed E-state index contributed by atoms with van der Waals surface area (Å²) in [6, 6.07) is 0.946. The number of nitrogens with zero attached hydrogens (tertiary/aromatic N) is 1. The molecule has 0 amide bonds. The van der Waals surface area contributed by atoms with Gasteiger partial charge in [0.25, 0.3) is 0 Å². The van der Waals surface area contributed by atoms with Crippen LogP contribution in [0.25, 0.3) is 0 Å². The van der Waals surface area contributed by atoms with Crippen molar-refractivity contribution in [2.45, 2.75) is 18.2 Å². The molecule has 0 bridgehead atoms. The van der Waals surface area contributed by atoms with E-state index in [0.29, 0.717) is 6.42 Å². The zero-order valence-corrected chi connectivity index (χ0v) is 12.6. The molecule has 0 aliphatic rings. The summed E-state index contributed by atoms with van der Waals surface area (Å²) >= 11 is 2.89. The van der Waals surface area contributed by atoms with Gasteiger partial charge in [-0.2, -0.15) is 4.31 Å². The van der Waals surface area contributed by atoms with E-state index in [1.54, 1.807) is 6.92 Å². The van der Waals surface area contributed by atoms with E-state index in [9.17, 15) is 13.2 Å². The Hall–Kier alpha value is -0.900. The molecule has 1 aromatic heterocycles. The molecule has 2 N–H and O–H groups in total. The van der Waals surface area contributed by atoms with Crippen molar-refractivity contribution < 1.29 is 27.8 Å². The number of carboxylic acid groups (broad SMARTS) is 1. The monoisotopic (exact) mass is 355 g/mol. The van der Waals surface area contributed by atoms with Gasteiger partial charge in [0, 0.05) is 19.2 Å². The van der Waals surface area contributed by atoms with Gasteiger partial charge in [-0.1, -0.05) is 6.92 Å². The second-order valence-electron chi connectivity index (χ2n) is 3.68. The fourth-order valence-corrected chi connectivity index (χ4v) is 3.91. The standard InChI is InChI=1S/C10H14BrNO6S/c1-2-3-12(4-5-13)19(16,17)8-6-7(10(14)15)18-9(8)11/h6,13H,2-5H2,1H3,(H,14,15).